The Balaban J connectivity index is 0.00000110. The highest BCUT2D eigenvalue weighted by Crippen LogP contribution is 2.34. The summed E-state index contributed by atoms with van der Waals surface area (Å²) in [7, 11) is 0. The highest BCUT2D eigenvalue weighted by Gasteiger charge is 2.21. The van der Waals surface area contributed by atoms with Crippen molar-refractivity contribution in [3.8, 4) is 0 Å². The van der Waals surface area contributed by atoms with Crippen molar-refractivity contribution in [3.63, 3.8) is 0 Å². The van der Waals surface area contributed by atoms with Crippen LogP contribution in [0.15, 0.2) is 54.6 Å². The van der Waals surface area contributed by atoms with Crippen molar-refractivity contribution >= 4 is 34.0 Å². The van der Waals surface area contributed by atoms with Crippen molar-refractivity contribution < 1.29 is 0 Å². The maximum Gasteiger partial charge on any atom is 0.0338 e. The predicted molar refractivity (Wildman–Crippen MR) is 84.1 cm³/mol. The zero-order chi connectivity index (χ0) is 11.9. The van der Waals surface area contributed by atoms with Gasteiger partial charge in [0.2, 0.25) is 0 Å². The van der Waals surface area contributed by atoms with Crippen LogP contribution in [0.3, 0.4) is 0 Å². The summed E-state index contributed by atoms with van der Waals surface area (Å²) in [5.74, 6) is 0. The summed E-state index contributed by atoms with van der Waals surface area (Å²) >= 11 is 0. The monoisotopic (exact) mass is 269 g/mol. The second-order valence-corrected chi connectivity index (χ2v) is 5.03. The van der Waals surface area contributed by atoms with Crippen molar-refractivity contribution in [2.75, 3.05) is 6.54 Å². The lowest BCUT2D eigenvalue weighted by molar-refractivity contribution is 0.386. The van der Waals surface area contributed by atoms with Crippen molar-refractivity contribution in [2.45, 2.75) is 12.5 Å². The molecule has 0 aliphatic carbocycles. The topological polar surface area (TPSA) is 12.0 Å². The van der Waals surface area contributed by atoms with Gasteiger partial charge in [0.15, 0.2) is 0 Å². The van der Waals surface area contributed by atoms with E-state index in [-0.39, 0.29) is 12.4 Å². The van der Waals surface area contributed by atoms with Gasteiger partial charge in [0.1, 0.15) is 0 Å². The molecule has 0 amide bonds. The third-order valence-electron chi connectivity index (χ3n) is 4.00. The molecule has 0 unspecified atom stereocenters. The molecule has 4 rings (SSSR count). The summed E-state index contributed by atoms with van der Waals surface area (Å²) in [5.41, 5.74) is 1.45. The normalized spacial score (nSPS) is 18.0. The number of hydrogen-bond donors (Lipinski definition) is 1. The van der Waals surface area contributed by atoms with Gasteiger partial charge in [-0.1, -0.05) is 48.5 Å². The van der Waals surface area contributed by atoms with E-state index in [1.54, 1.807) is 0 Å². The highest BCUT2D eigenvalue weighted by molar-refractivity contribution is 6.09. The Morgan fingerprint density at radius 1 is 0.842 bits per heavy atom. The Labute approximate surface area is 119 Å². The van der Waals surface area contributed by atoms with E-state index in [2.05, 4.69) is 59.9 Å². The van der Waals surface area contributed by atoms with Crippen LogP contribution in [0.5, 0.6) is 0 Å². The molecule has 3 aromatic carbocycles. The lowest BCUT2D eigenvalue weighted by atomic mass is 9.90. The molecule has 1 N–H and O–H groups in total. The summed E-state index contributed by atoms with van der Waals surface area (Å²) in [6.45, 7) is 1.14. The van der Waals surface area contributed by atoms with Crippen molar-refractivity contribution in [1.82, 2.24) is 5.32 Å². The van der Waals surface area contributed by atoms with E-state index < -0.39 is 0 Å². The molecule has 1 nitrogen and oxygen atoms in total. The molecule has 1 aliphatic heterocycles. The standard InChI is InChI=1S/C17H15N.ClH/c1-2-6-13-12(5-1)11-16(17-9-10-18-17)15-8-4-3-7-14(13)15;/h1-8,11,17-18H,9-10H2;1H/t17-;/m0./s1. The number of rotatable bonds is 1. The summed E-state index contributed by atoms with van der Waals surface area (Å²) in [4.78, 5) is 0. The minimum atomic E-state index is 0. The van der Waals surface area contributed by atoms with Gasteiger partial charge in [-0.25, -0.2) is 0 Å². The van der Waals surface area contributed by atoms with E-state index in [9.17, 15) is 0 Å². The van der Waals surface area contributed by atoms with Crippen LogP contribution in [0.2, 0.25) is 0 Å². The fourth-order valence-corrected chi connectivity index (χ4v) is 2.93. The number of fused-ring (bicyclic) bond motifs is 3. The average Bonchev–Trinajstić information content (AvgIpc) is 2.37. The van der Waals surface area contributed by atoms with E-state index in [1.165, 1.54) is 33.5 Å². The Bertz CT molecular complexity index is 731. The Morgan fingerprint density at radius 3 is 2.16 bits per heavy atom. The number of halogens is 1. The van der Waals surface area contributed by atoms with Gasteiger partial charge in [-0.2, -0.15) is 0 Å². The number of nitrogens with one attached hydrogen (secondary N) is 1. The lowest BCUT2D eigenvalue weighted by Crippen LogP contribution is -2.35. The first kappa shape index (κ1) is 12.5. The largest absolute Gasteiger partial charge is 0.310 e. The first-order valence-electron chi connectivity index (χ1n) is 6.57. The van der Waals surface area contributed by atoms with Gasteiger partial charge in [0.25, 0.3) is 0 Å². The predicted octanol–water partition coefficient (Wildman–Crippen LogP) is 4.45. The van der Waals surface area contributed by atoms with Crippen LogP contribution in [0, 0.1) is 0 Å². The van der Waals surface area contributed by atoms with Crippen LogP contribution in [-0.4, -0.2) is 6.54 Å². The second kappa shape index (κ2) is 4.84. The summed E-state index contributed by atoms with van der Waals surface area (Å²) in [5, 5.41) is 8.99. The quantitative estimate of drug-likeness (QED) is 0.644. The highest BCUT2D eigenvalue weighted by atomic mass is 35.5. The number of benzene rings is 3. The maximum absolute atomic E-state index is 3.52. The molecule has 0 aromatic heterocycles. The molecule has 2 heteroatoms. The Morgan fingerprint density at radius 2 is 1.47 bits per heavy atom. The second-order valence-electron chi connectivity index (χ2n) is 5.03. The molecular formula is C17H16ClN. The van der Waals surface area contributed by atoms with Crippen LogP contribution < -0.4 is 5.32 Å². The molecule has 0 bridgehead atoms. The molecule has 3 aromatic rings. The molecule has 1 aliphatic rings. The smallest absolute Gasteiger partial charge is 0.0338 e. The SMILES string of the molecule is Cl.c1ccc2c(c1)cc([C@@H]1CCN1)c1ccccc12. The van der Waals surface area contributed by atoms with Gasteiger partial charge in [0, 0.05) is 6.04 Å². The van der Waals surface area contributed by atoms with E-state index in [0.29, 0.717) is 6.04 Å². The molecule has 0 radical (unpaired) electrons. The minimum absolute atomic E-state index is 0. The van der Waals surface area contributed by atoms with E-state index in [0.717, 1.165) is 6.54 Å². The third kappa shape index (κ3) is 1.90. The number of hydrogen-bond acceptors (Lipinski definition) is 1. The van der Waals surface area contributed by atoms with Crippen LogP contribution in [-0.2, 0) is 0 Å². The molecule has 1 saturated heterocycles. The van der Waals surface area contributed by atoms with Gasteiger partial charge in [-0.05, 0) is 46.1 Å². The molecule has 0 spiro atoms. The Hall–Kier alpha value is -1.57. The maximum atomic E-state index is 3.52. The molecule has 1 heterocycles. The average molecular weight is 270 g/mol. The van der Waals surface area contributed by atoms with E-state index >= 15 is 0 Å². The molecular weight excluding hydrogens is 254 g/mol. The first-order chi connectivity index (χ1) is 8.93. The molecule has 0 saturated carbocycles. The molecule has 1 fully saturated rings. The van der Waals surface area contributed by atoms with Crippen LogP contribution in [0.4, 0.5) is 0 Å². The third-order valence-corrected chi connectivity index (χ3v) is 4.00. The first-order valence-corrected chi connectivity index (χ1v) is 6.57. The van der Waals surface area contributed by atoms with Crippen LogP contribution in [0.1, 0.15) is 18.0 Å². The zero-order valence-electron chi connectivity index (χ0n) is 10.6. The fraction of sp³-hybridized carbons (Fsp3) is 0.176. The van der Waals surface area contributed by atoms with Gasteiger partial charge in [-0.15, -0.1) is 12.4 Å². The van der Waals surface area contributed by atoms with Crippen molar-refractivity contribution in [3.05, 3.63) is 60.2 Å². The lowest BCUT2D eigenvalue weighted by Gasteiger charge is -2.29. The molecule has 96 valence electrons. The van der Waals surface area contributed by atoms with Crippen LogP contribution >= 0.6 is 12.4 Å². The Kier molecular flexibility index (Phi) is 3.17. The van der Waals surface area contributed by atoms with Gasteiger partial charge >= 0.3 is 0 Å². The molecule has 19 heavy (non-hydrogen) atoms. The minimum Gasteiger partial charge on any atom is -0.310 e. The van der Waals surface area contributed by atoms with Gasteiger partial charge in [0.05, 0.1) is 0 Å². The van der Waals surface area contributed by atoms with Crippen molar-refractivity contribution in [1.29, 1.82) is 0 Å². The van der Waals surface area contributed by atoms with Gasteiger partial charge in [-0.3, -0.25) is 0 Å². The fourth-order valence-electron chi connectivity index (χ4n) is 2.93. The van der Waals surface area contributed by atoms with E-state index in [4.69, 9.17) is 0 Å². The van der Waals surface area contributed by atoms with Crippen LogP contribution in [0.25, 0.3) is 21.5 Å². The molecule has 1 atom stereocenters. The van der Waals surface area contributed by atoms with Gasteiger partial charge < -0.3 is 5.32 Å². The summed E-state index contributed by atoms with van der Waals surface area (Å²) < 4.78 is 0. The van der Waals surface area contributed by atoms with Crippen molar-refractivity contribution in [2.24, 2.45) is 0 Å². The van der Waals surface area contributed by atoms with E-state index in [1.807, 2.05) is 0 Å². The summed E-state index contributed by atoms with van der Waals surface area (Å²) in [6.07, 6.45) is 1.25. The summed E-state index contributed by atoms with van der Waals surface area (Å²) in [6, 6.07) is 20.3. The zero-order valence-corrected chi connectivity index (χ0v) is 11.4.